The van der Waals surface area contributed by atoms with E-state index in [1.165, 1.54) is 6.92 Å². The molecule has 0 radical (unpaired) electrons. The molecular weight excluding hydrogens is 230 g/mol. The van der Waals surface area contributed by atoms with E-state index in [0.29, 0.717) is 15.9 Å². The number of azo groups is 1. The van der Waals surface area contributed by atoms with Crippen LogP contribution in [0.4, 0.5) is 5.69 Å². The zero-order valence-electron chi connectivity index (χ0n) is 8.36. The van der Waals surface area contributed by atoms with Gasteiger partial charge in [-0.05, 0) is 18.2 Å². The van der Waals surface area contributed by atoms with E-state index in [9.17, 15) is 9.90 Å². The number of fused-ring (bicyclic) bond motifs is 1. The van der Waals surface area contributed by atoms with Gasteiger partial charge in [-0.3, -0.25) is 4.79 Å². The molecule has 0 aliphatic rings. The van der Waals surface area contributed by atoms with Crippen LogP contribution in [0.2, 0.25) is 5.02 Å². The minimum Gasteiger partial charge on any atom is -0.493 e. The number of aromatic nitrogens is 1. The SMILES string of the molecule is CC(=O)N=Nc1c(O)[nH]c2ccc(Cl)cc12. The number of hydrogen-bond donors (Lipinski definition) is 2. The molecule has 0 spiro atoms. The highest BCUT2D eigenvalue weighted by Gasteiger charge is 2.10. The van der Waals surface area contributed by atoms with Crippen molar-refractivity contribution in [3.05, 3.63) is 23.2 Å². The molecule has 1 aromatic carbocycles. The summed E-state index contributed by atoms with van der Waals surface area (Å²) in [5, 5.41) is 17.8. The number of amides is 1. The smallest absolute Gasteiger partial charge is 0.261 e. The molecule has 0 unspecified atom stereocenters. The second-order valence-corrected chi connectivity index (χ2v) is 3.67. The van der Waals surface area contributed by atoms with Crippen LogP contribution in [0.1, 0.15) is 6.92 Å². The van der Waals surface area contributed by atoms with E-state index in [2.05, 4.69) is 15.2 Å². The Morgan fingerprint density at radius 3 is 2.94 bits per heavy atom. The Bertz CT molecular complexity index is 589. The minimum atomic E-state index is -0.434. The maximum Gasteiger partial charge on any atom is 0.261 e. The van der Waals surface area contributed by atoms with Crippen LogP contribution in [0.15, 0.2) is 28.4 Å². The second-order valence-electron chi connectivity index (χ2n) is 3.23. The summed E-state index contributed by atoms with van der Waals surface area (Å²) in [5.74, 6) is -0.571. The van der Waals surface area contributed by atoms with Crippen molar-refractivity contribution >= 4 is 34.1 Å². The first-order chi connectivity index (χ1) is 7.58. The van der Waals surface area contributed by atoms with E-state index < -0.39 is 5.91 Å². The molecule has 5 nitrogen and oxygen atoms in total. The number of H-pyrrole nitrogens is 1. The first-order valence-electron chi connectivity index (χ1n) is 4.50. The van der Waals surface area contributed by atoms with Gasteiger partial charge in [-0.1, -0.05) is 11.6 Å². The number of aromatic hydroxyl groups is 1. The highest BCUT2D eigenvalue weighted by molar-refractivity contribution is 6.31. The van der Waals surface area contributed by atoms with E-state index >= 15 is 0 Å². The number of benzene rings is 1. The Labute approximate surface area is 95.8 Å². The predicted molar refractivity (Wildman–Crippen MR) is 60.2 cm³/mol. The molecule has 16 heavy (non-hydrogen) atoms. The van der Waals surface area contributed by atoms with Crippen molar-refractivity contribution in [1.82, 2.24) is 4.98 Å². The number of nitrogens with one attached hydrogen (secondary N) is 1. The van der Waals surface area contributed by atoms with Crippen LogP contribution in [0.25, 0.3) is 10.9 Å². The van der Waals surface area contributed by atoms with E-state index in [-0.39, 0.29) is 11.6 Å². The Morgan fingerprint density at radius 1 is 1.50 bits per heavy atom. The number of halogens is 1. The predicted octanol–water partition coefficient (Wildman–Crippen LogP) is 3.16. The summed E-state index contributed by atoms with van der Waals surface area (Å²) < 4.78 is 0. The standard InChI is InChI=1S/C10H8ClN3O2/c1-5(15)13-14-9-7-4-6(11)2-3-8(7)12-10(9)16/h2-4,12,16H,1H3. The molecule has 0 bridgehead atoms. The third-order valence-electron chi connectivity index (χ3n) is 2.00. The monoisotopic (exact) mass is 237 g/mol. The average Bonchev–Trinajstić information content (AvgIpc) is 2.51. The Kier molecular flexibility index (Phi) is 2.62. The lowest BCUT2D eigenvalue weighted by atomic mass is 10.2. The fourth-order valence-corrected chi connectivity index (χ4v) is 1.53. The summed E-state index contributed by atoms with van der Waals surface area (Å²) >= 11 is 5.83. The summed E-state index contributed by atoms with van der Waals surface area (Å²) in [4.78, 5) is 13.4. The number of hydrogen-bond acceptors (Lipinski definition) is 3. The molecule has 6 heteroatoms. The van der Waals surface area contributed by atoms with Crippen molar-refractivity contribution in [1.29, 1.82) is 0 Å². The first-order valence-corrected chi connectivity index (χ1v) is 4.88. The molecule has 1 aromatic heterocycles. The van der Waals surface area contributed by atoms with Crippen molar-refractivity contribution < 1.29 is 9.90 Å². The molecule has 0 saturated carbocycles. The normalized spacial score (nSPS) is 11.4. The second kappa shape index (κ2) is 3.94. The first kappa shape index (κ1) is 10.6. The number of carbonyl (C=O) groups is 1. The van der Waals surface area contributed by atoms with Gasteiger partial charge >= 0.3 is 0 Å². The third-order valence-corrected chi connectivity index (χ3v) is 2.24. The van der Waals surface area contributed by atoms with Crippen molar-refractivity contribution in [2.75, 3.05) is 0 Å². The largest absolute Gasteiger partial charge is 0.493 e. The fraction of sp³-hybridized carbons (Fsp3) is 0.100. The number of nitrogens with zero attached hydrogens (tertiary/aromatic N) is 2. The van der Waals surface area contributed by atoms with Crippen LogP contribution in [-0.2, 0) is 4.79 Å². The van der Waals surface area contributed by atoms with Gasteiger partial charge < -0.3 is 10.1 Å². The molecule has 82 valence electrons. The molecule has 1 amide bonds. The van der Waals surface area contributed by atoms with E-state index in [4.69, 9.17) is 11.6 Å². The quantitative estimate of drug-likeness (QED) is 0.748. The molecular formula is C10H8ClN3O2. The zero-order valence-corrected chi connectivity index (χ0v) is 9.12. The van der Waals surface area contributed by atoms with E-state index in [1.54, 1.807) is 18.2 Å². The molecule has 0 atom stereocenters. The highest BCUT2D eigenvalue weighted by Crippen LogP contribution is 2.36. The summed E-state index contributed by atoms with van der Waals surface area (Å²) in [7, 11) is 0. The summed E-state index contributed by atoms with van der Waals surface area (Å²) in [6, 6.07) is 5.04. The number of carbonyl (C=O) groups excluding carboxylic acids is 1. The van der Waals surface area contributed by atoms with Crippen molar-refractivity contribution in [3.63, 3.8) is 0 Å². The molecule has 1 heterocycles. The van der Waals surface area contributed by atoms with Crippen LogP contribution in [0, 0.1) is 0 Å². The zero-order chi connectivity index (χ0) is 11.7. The van der Waals surface area contributed by atoms with E-state index in [1.807, 2.05) is 0 Å². The number of aromatic amines is 1. The molecule has 2 aromatic rings. The minimum absolute atomic E-state index is 0.137. The molecule has 0 fully saturated rings. The van der Waals surface area contributed by atoms with Crippen LogP contribution in [-0.4, -0.2) is 16.0 Å². The Balaban J connectivity index is 2.62. The lowest BCUT2D eigenvalue weighted by Gasteiger charge is -1.91. The van der Waals surface area contributed by atoms with Crippen molar-refractivity contribution in [2.45, 2.75) is 6.92 Å². The van der Waals surface area contributed by atoms with Gasteiger partial charge in [0.15, 0.2) is 5.69 Å². The summed E-state index contributed by atoms with van der Waals surface area (Å²) in [5.41, 5.74) is 0.895. The van der Waals surface area contributed by atoms with Crippen LogP contribution in [0.3, 0.4) is 0 Å². The molecule has 0 aliphatic carbocycles. The van der Waals surface area contributed by atoms with Crippen LogP contribution in [0.5, 0.6) is 5.88 Å². The number of rotatable bonds is 1. The van der Waals surface area contributed by atoms with Gasteiger partial charge in [0.1, 0.15) is 0 Å². The van der Waals surface area contributed by atoms with Gasteiger partial charge in [-0.25, -0.2) is 0 Å². The van der Waals surface area contributed by atoms with Gasteiger partial charge in [0, 0.05) is 17.3 Å². The highest BCUT2D eigenvalue weighted by atomic mass is 35.5. The van der Waals surface area contributed by atoms with Gasteiger partial charge in [0.25, 0.3) is 5.91 Å². The van der Waals surface area contributed by atoms with Gasteiger partial charge in [0.2, 0.25) is 5.88 Å². The van der Waals surface area contributed by atoms with Gasteiger partial charge in [0.05, 0.1) is 5.52 Å². The topological polar surface area (TPSA) is 77.8 Å². The van der Waals surface area contributed by atoms with Gasteiger partial charge in [-0.2, -0.15) is 0 Å². The van der Waals surface area contributed by atoms with E-state index in [0.717, 1.165) is 0 Å². The molecule has 0 aliphatic heterocycles. The van der Waals surface area contributed by atoms with Crippen LogP contribution >= 0.6 is 11.6 Å². The summed E-state index contributed by atoms with van der Waals surface area (Å²) in [6.07, 6.45) is 0. The Morgan fingerprint density at radius 2 is 2.25 bits per heavy atom. The maximum absolute atomic E-state index is 10.7. The lowest BCUT2D eigenvalue weighted by molar-refractivity contribution is -0.116. The van der Waals surface area contributed by atoms with Crippen molar-refractivity contribution in [3.8, 4) is 5.88 Å². The Hall–Kier alpha value is -1.88. The van der Waals surface area contributed by atoms with Crippen molar-refractivity contribution in [2.24, 2.45) is 10.2 Å². The third kappa shape index (κ3) is 1.90. The lowest BCUT2D eigenvalue weighted by Crippen LogP contribution is -1.77. The van der Waals surface area contributed by atoms with Crippen LogP contribution < -0.4 is 0 Å². The fourth-order valence-electron chi connectivity index (χ4n) is 1.36. The van der Waals surface area contributed by atoms with Gasteiger partial charge in [-0.15, -0.1) is 10.2 Å². The maximum atomic E-state index is 10.7. The molecule has 0 saturated heterocycles. The summed E-state index contributed by atoms with van der Waals surface area (Å²) in [6.45, 7) is 1.28. The average molecular weight is 238 g/mol. The molecule has 2 N–H and O–H groups in total. The molecule has 2 rings (SSSR count).